The average molecular weight is 845 g/mol. The van der Waals surface area contributed by atoms with Gasteiger partial charge >= 0.3 is 0 Å². The highest BCUT2D eigenvalue weighted by Crippen LogP contribution is 2.45. The summed E-state index contributed by atoms with van der Waals surface area (Å²) in [6, 6.07) is 50.1. The maximum atomic E-state index is 14.3. The van der Waals surface area contributed by atoms with E-state index < -0.39 is 0 Å². The van der Waals surface area contributed by atoms with E-state index in [1.807, 2.05) is 168 Å². The van der Waals surface area contributed by atoms with Gasteiger partial charge in [-0.3, -0.25) is 14.4 Å². The van der Waals surface area contributed by atoms with E-state index in [2.05, 4.69) is 38.1 Å². The van der Waals surface area contributed by atoms with Crippen molar-refractivity contribution in [1.82, 2.24) is 9.80 Å². The van der Waals surface area contributed by atoms with Gasteiger partial charge in [-0.05, 0) is 57.4 Å². The first-order valence-electron chi connectivity index (χ1n) is 22.0. The van der Waals surface area contributed by atoms with Crippen LogP contribution in [0.2, 0.25) is 0 Å². The molecule has 0 aliphatic carbocycles. The standard InChI is InChI=1S/C57H52N2O5/c1-3-39-15-11-13-21-47(39)53-49(35-58(31-33-60)37-51(53)56(63)43-17-7-5-8-18-43)41-23-27-45(28-24-41)55(62)46-29-25-42(26-30-46)50-36-59(32-34-61)38-52(57(64)44-19-9-6-10-20-44)54(50)48-22-14-12-16-40(48)4-2/h5-30,35-38,53-54,60-61H,3-4,31-34H2,1-2H3. The Morgan fingerprint density at radius 3 is 1.12 bits per heavy atom. The minimum atomic E-state index is -0.387. The first kappa shape index (κ1) is 43.5. The van der Waals surface area contributed by atoms with Crippen LogP contribution in [0, 0.1) is 0 Å². The maximum absolute atomic E-state index is 14.3. The highest BCUT2D eigenvalue weighted by atomic mass is 16.3. The van der Waals surface area contributed by atoms with Crippen LogP contribution in [-0.4, -0.2) is 63.7 Å². The van der Waals surface area contributed by atoms with Crippen molar-refractivity contribution in [2.24, 2.45) is 0 Å². The fourth-order valence-corrected chi connectivity index (χ4v) is 9.03. The number of carbonyl (C=O) groups excluding carboxylic acids is 3. The molecule has 0 aromatic heterocycles. The quantitative estimate of drug-likeness (QED) is 0.0937. The third-order valence-electron chi connectivity index (χ3n) is 12.2. The Morgan fingerprint density at radius 2 is 0.766 bits per heavy atom. The number of hydrogen-bond donors (Lipinski definition) is 2. The minimum Gasteiger partial charge on any atom is -0.395 e. The number of aliphatic hydroxyl groups excluding tert-OH is 2. The van der Waals surface area contributed by atoms with Crippen molar-refractivity contribution in [2.75, 3.05) is 26.3 Å². The van der Waals surface area contributed by atoms with Crippen LogP contribution in [0.25, 0.3) is 11.1 Å². The lowest BCUT2D eigenvalue weighted by atomic mass is 9.76. The Labute approximate surface area is 375 Å². The van der Waals surface area contributed by atoms with E-state index in [1.165, 1.54) is 0 Å². The van der Waals surface area contributed by atoms with E-state index in [9.17, 15) is 24.6 Å². The molecule has 0 bridgehead atoms. The van der Waals surface area contributed by atoms with Crippen LogP contribution < -0.4 is 0 Å². The summed E-state index contributed by atoms with van der Waals surface area (Å²) in [4.78, 5) is 46.7. The summed E-state index contributed by atoms with van der Waals surface area (Å²) in [5.41, 5.74) is 11.3. The first-order valence-corrected chi connectivity index (χ1v) is 22.0. The summed E-state index contributed by atoms with van der Waals surface area (Å²) in [7, 11) is 0. The molecule has 2 atom stereocenters. The average Bonchev–Trinajstić information content (AvgIpc) is 3.36. The molecule has 0 amide bonds. The summed E-state index contributed by atoms with van der Waals surface area (Å²) in [6.07, 6.45) is 9.31. The number of ketones is 3. The zero-order valence-corrected chi connectivity index (χ0v) is 36.2. The van der Waals surface area contributed by atoms with Gasteiger partial charge in [0.2, 0.25) is 0 Å². The number of aryl methyl sites for hydroxylation is 2. The fraction of sp³-hybridized carbons (Fsp3) is 0.175. The molecular formula is C57H52N2O5. The molecule has 2 aliphatic rings. The topological polar surface area (TPSA) is 98.2 Å². The molecule has 2 aliphatic heterocycles. The lowest BCUT2D eigenvalue weighted by Gasteiger charge is -2.33. The second kappa shape index (κ2) is 19.9. The molecule has 7 nitrogen and oxygen atoms in total. The monoisotopic (exact) mass is 844 g/mol. The summed E-state index contributed by atoms with van der Waals surface area (Å²) in [5, 5.41) is 20.0. The highest BCUT2D eigenvalue weighted by Gasteiger charge is 2.35. The Balaban J connectivity index is 1.13. The lowest BCUT2D eigenvalue weighted by Crippen LogP contribution is -2.26. The summed E-state index contributed by atoms with van der Waals surface area (Å²) in [5.74, 6) is -1.08. The number of Topliss-reactive ketones (excluding diaryl/α,β-unsaturated/α-hetero) is 2. The van der Waals surface area contributed by atoms with Crippen molar-refractivity contribution in [3.63, 3.8) is 0 Å². The summed E-state index contributed by atoms with van der Waals surface area (Å²) < 4.78 is 0. The predicted octanol–water partition coefficient (Wildman–Crippen LogP) is 10.4. The number of benzene rings is 6. The molecule has 2 N–H and O–H groups in total. The van der Waals surface area contributed by atoms with Gasteiger partial charge in [-0.2, -0.15) is 0 Å². The second-order valence-electron chi connectivity index (χ2n) is 16.1. The Kier molecular flexibility index (Phi) is 13.5. The molecular weight excluding hydrogens is 793 g/mol. The van der Waals surface area contributed by atoms with E-state index in [-0.39, 0.29) is 42.4 Å². The number of nitrogens with zero attached hydrogens (tertiary/aromatic N) is 2. The molecule has 6 aromatic rings. The Morgan fingerprint density at radius 1 is 0.422 bits per heavy atom. The molecule has 7 heteroatoms. The van der Waals surface area contributed by atoms with Crippen molar-refractivity contribution in [3.8, 4) is 0 Å². The van der Waals surface area contributed by atoms with Crippen molar-refractivity contribution in [3.05, 3.63) is 249 Å². The molecule has 2 unspecified atom stereocenters. The van der Waals surface area contributed by atoms with E-state index >= 15 is 0 Å². The minimum absolute atomic E-state index is 0.0821. The molecule has 6 aromatic carbocycles. The third kappa shape index (κ3) is 9.00. The number of aliphatic hydroxyl groups is 2. The predicted molar refractivity (Wildman–Crippen MR) is 255 cm³/mol. The molecule has 0 spiro atoms. The molecule has 0 fully saturated rings. The number of carbonyl (C=O) groups is 3. The molecule has 0 saturated heterocycles. The summed E-state index contributed by atoms with van der Waals surface area (Å²) >= 11 is 0. The zero-order valence-electron chi connectivity index (χ0n) is 36.2. The third-order valence-corrected chi connectivity index (χ3v) is 12.2. The summed E-state index contributed by atoms with van der Waals surface area (Å²) in [6.45, 7) is 4.66. The van der Waals surface area contributed by atoms with Gasteiger partial charge in [0.15, 0.2) is 17.3 Å². The number of hydrogen-bond acceptors (Lipinski definition) is 7. The zero-order chi connectivity index (χ0) is 44.6. The normalized spacial score (nSPS) is 16.1. The second-order valence-corrected chi connectivity index (χ2v) is 16.1. The molecule has 320 valence electrons. The van der Waals surface area contributed by atoms with E-state index in [4.69, 9.17) is 0 Å². The van der Waals surface area contributed by atoms with Crippen molar-refractivity contribution < 1.29 is 24.6 Å². The van der Waals surface area contributed by atoms with Crippen molar-refractivity contribution in [1.29, 1.82) is 0 Å². The van der Waals surface area contributed by atoms with Crippen LogP contribution in [0.5, 0.6) is 0 Å². The van der Waals surface area contributed by atoms with Gasteiger partial charge in [-0.25, -0.2) is 0 Å². The van der Waals surface area contributed by atoms with Gasteiger partial charge in [0.05, 0.1) is 13.2 Å². The van der Waals surface area contributed by atoms with E-state index in [0.29, 0.717) is 46.5 Å². The van der Waals surface area contributed by atoms with Gasteiger partial charge in [0.1, 0.15) is 0 Å². The Bertz CT molecular complexity index is 2580. The van der Waals surface area contributed by atoms with Crippen LogP contribution >= 0.6 is 0 Å². The van der Waals surface area contributed by atoms with Crippen LogP contribution in [0.3, 0.4) is 0 Å². The lowest BCUT2D eigenvalue weighted by molar-refractivity contribution is 0.101. The molecule has 8 rings (SSSR count). The van der Waals surface area contributed by atoms with Gasteiger partial charge in [-0.15, -0.1) is 0 Å². The van der Waals surface area contributed by atoms with Crippen molar-refractivity contribution >= 4 is 28.5 Å². The SMILES string of the molecule is CCc1ccccc1C1C(C(=O)c2ccccc2)=CN(CCO)C=C1c1ccc(C(=O)c2ccc(C3=CN(CCO)C=C(C(=O)c4ccccc4)C3c3ccccc3CC)cc2)cc1. The Hall–Kier alpha value is -7.19. The van der Waals surface area contributed by atoms with E-state index in [0.717, 1.165) is 57.4 Å². The maximum Gasteiger partial charge on any atom is 0.193 e. The number of β-amino-alcohol motifs (C(OH)–C–C–N with tert-alkyl or cyclic N) is 2. The molecule has 0 radical (unpaired) electrons. The van der Waals surface area contributed by atoms with Gasteiger partial charge < -0.3 is 20.0 Å². The smallest absolute Gasteiger partial charge is 0.193 e. The van der Waals surface area contributed by atoms with Crippen LogP contribution in [-0.2, 0) is 12.8 Å². The van der Waals surface area contributed by atoms with Crippen LogP contribution in [0.15, 0.2) is 194 Å². The van der Waals surface area contributed by atoms with Gasteiger partial charge in [-0.1, -0.05) is 172 Å². The van der Waals surface area contributed by atoms with Crippen LogP contribution in [0.1, 0.15) is 95.7 Å². The van der Waals surface area contributed by atoms with Crippen LogP contribution in [0.4, 0.5) is 0 Å². The first-order chi connectivity index (χ1) is 31.3. The molecule has 0 saturated carbocycles. The number of allylic oxidation sites excluding steroid dienone is 4. The molecule has 64 heavy (non-hydrogen) atoms. The van der Waals surface area contributed by atoms with E-state index in [1.54, 1.807) is 0 Å². The fourth-order valence-electron chi connectivity index (χ4n) is 9.03. The van der Waals surface area contributed by atoms with Gasteiger partial charge in [0.25, 0.3) is 0 Å². The highest BCUT2D eigenvalue weighted by molar-refractivity contribution is 6.13. The van der Waals surface area contributed by atoms with Gasteiger partial charge in [0, 0.05) is 83.1 Å². The van der Waals surface area contributed by atoms with Crippen molar-refractivity contribution in [2.45, 2.75) is 38.5 Å². The molecule has 2 heterocycles. The largest absolute Gasteiger partial charge is 0.395 e. The number of rotatable bonds is 16.